The number of ketones is 1. The van der Waals surface area contributed by atoms with Crippen LogP contribution in [0, 0.1) is 17.8 Å². The molecular weight excluding hydrogens is 212 g/mol. The van der Waals surface area contributed by atoms with Crippen LogP contribution in [0.1, 0.15) is 32.1 Å². The standard InChI is InChI=1S/C14H24OSi/c1-16(2,3)9-5-8-13-12-7-4-6-11(12)10-14(13)15/h5,9,11-13H,4,6-8,10H2,1-3H3/b9-5-/t11-,12-,13+/m0/s1. The highest BCUT2D eigenvalue weighted by molar-refractivity contribution is 6.80. The molecule has 2 heteroatoms. The van der Waals surface area contributed by atoms with Crippen molar-refractivity contribution in [2.45, 2.75) is 51.7 Å². The third kappa shape index (κ3) is 2.65. The fourth-order valence-corrected chi connectivity index (χ4v) is 4.21. The summed E-state index contributed by atoms with van der Waals surface area (Å²) in [4.78, 5) is 11.9. The second-order valence-corrected chi connectivity index (χ2v) is 11.7. The van der Waals surface area contributed by atoms with Crippen LogP contribution >= 0.6 is 0 Å². The summed E-state index contributed by atoms with van der Waals surface area (Å²) < 4.78 is 0. The molecule has 0 N–H and O–H groups in total. The molecule has 90 valence electrons. The minimum atomic E-state index is -1.08. The maximum Gasteiger partial charge on any atom is 0.136 e. The van der Waals surface area contributed by atoms with E-state index >= 15 is 0 Å². The van der Waals surface area contributed by atoms with Crippen molar-refractivity contribution >= 4 is 13.9 Å². The summed E-state index contributed by atoms with van der Waals surface area (Å²) in [5.41, 5.74) is 2.39. The van der Waals surface area contributed by atoms with Gasteiger partial charge in [-0.15, -0.1) is 0 Å². The molecule has 0 aromatic rings. The first kappa shape index (κ1) is 12.1. The Hall–Kier alpha value is -0.373. The molecule has 0 unspecified atom stereocenters. The van der Waals surface area contributed by atoms with Gasteiger partial charge in [-0.3, -0.25) is 4.79 Å². The molecule has 0 radical (unpaired) electrons. The van der Waals surface area contributed by atoms with Gasteiger partial charge in [0.25, 0.3) is 0 Å². The highest BCUT2D eigenvalue weighted by atomic mass is 28.3. The fourth-order valence-electron chi connectivity index (χ4n) is 3.37. The molecule has 0 aromatic heterocycles. The van der Waals surface area contributed by atoms with Crippen molar-refractivity contribution in [3.8, 4) is 0 Å². The van der Waals surface area contributed by atoms with Gasteiger partial charge >= 0.3 is 0 Å². The second kappa shape index (κ2) is 4.48. The van der Waals surface area contributed by atoms with Crippen LogP contribution in [0.25, 0.3) is 0 Å². The molecular formula is C14H24OSi. The van der Waals surface area contributed by atoms with Crippen LogP contribution in [0.15, 0.2) is 11.8 Å². The zero-order chi connectivity index (χ0) is 11.8. The van der Waals surface area contributed by atoms with E-state index in [1.54, 1.807) is 0 Å². The molecule has 1 nitrogen and oxygen atoms in total. The van der Waals surface area contributed by atoms with Crippen molar-refractivity contribution in [2.24, 2.45) is 17.8 Å². The van der Waals surface area contributed by atoms with Crippen molar-refractivity contribution < 1.29 is 4.79 Å². The Balaban J connectivity index is 1.94. The SMILES string of the molecule is C[Si](C)(C)/C=C\C[C@H]1C(=O)C[C@@H]2CCC[C@@H]21. The van der Waals surface area contributed by atoms with Crippen molar-refractivity contribution in [1.82, 2.24) is 0 Å². The molecule has 2 rings (SSSR count). The van der Waals surface area contributed by atoms with Gasteiger partial charge in [-0.05, 0) is 31.1 Å². The lowest BCUT2D eigenvalue weighted by atomic mass is 9.89. The highest BCUT2D eigenvalue weighted by Crippen LogP contribution is 2.46. The summed E-state index contributed by atoms with van der Waals surface area (Å²) in [5, 5.41) is 0. The number of allylic oxidation sites excluding steroid dienone is 1. The van der Waals surface area contributed by atoms with Crippen molar-refractivity contribution in [1.29, 1.82) is 0 Å². The lowest BCUT2D eigenvalue weighted by Gasteiger charge is -2.16. The summed E-state index contributed by atoms with van der Waals surface area (Å²) in [6, 6.07) is 0. The molecule has 16 heavy (non-hydrogen) atoms. The van der Waals surface area contributed by atoms with Gasteiger partial charge in [0.2, 0.25) is 0 Å². The van der Waals surface area contributed by atoms with Gasteiger partial charge in [-0.1, -0.05) is 37.8 Å². The lowest BCUT2D eigenvalue weighted by Crippen LogP contribution is -2.17. The number of carbonyl (C=O) groups excluding carboxylic acids is 1. The Bertz CT molecular complexity index is 300. The summed E-state index contributed by atoms with van der Waals surface area (Å²) in [6.07, 6.45) is 8.18. The molecule has 2 fully saturated rings. The minimum Gasteiger partial charge on any atom is -0.299 e. The summed E-state index contributed by atoms with van der Waals surface area (Å²) in [7, 11) is -1.08. The number of fused-ring (bicyclic) bond motifs is 1. The van der Waals surface area contributed by atoms with E-state index < -0.39 is 8.07 Å². The smallest absolute Gasteiger partial charge is 0.136 e. The van der Waals surface area contributed by atoms with Crippen LogP contribution in [0.2, 0.25) is 19.6 Å². The summed E-state index contributed by atoms with van der Waals surface area (Å²) in [6.45, 7) is 7.04. The van der Waals surface area contributed by atoms with E-state index in [1.807, 2.05) is 0 Å². The lowest BCUT2D eigenvalue weighted by molar-refractivity contribution is -0.121. The monoisotopic (exact) mass is 236 g/mol. The molecule has 2 saturated carbocycles. The summed E-state index contributed by atoms with van der Waals surface area (Å²) >= 11 is 0. The van der Waals surface area contributed by atoms with Crippen LogP contribution in [0.5, 0.6) is 0 Å². The topological polar surface area (TPSA) is 17.1 Å². The quantitative estimate of drug-likeness (QED) is 0.681. The zero-order valence-corrected chi connectivity index (χ0v) is 11.8. The number of carbonyl (C=O) groups is 1. The minimum absolute atomic E-state index is 0.375. The van der Waals surface area contributed by atoms with E-state index in [2.05, 4.69) is 31.4 Å². The van der Waals surface area contributed by atoms with Gasteiger partial charge in [0.15, 0.2) is 0 Å². The Morgan fingerprint density at radius 2 is 2.06 bits per heavy atom. The number of Topliss-reactive ketones (excluding diaryl/α,β-unsaturated/α-hetero) is 1. The highest BCUT2D eigenvalue weighted by Gasteiger charge is 2.43. The number of rotatable bonds is 3. The van der Waals surface area contributed by atoms with Crippen LogP contribution in [-0.4, -0.2) is 13.9 Å². The predicted molar refractivity (Wildman–Crippen MR) is 71.0 cm³/mol. The zero-order valence-electron chi connectivity index (χ0n) is 10.8. The molecule has 0 bridgehead atoms. The van der Waals surface area contributed by atoms with Gasteiger partial charge < -0.3 is 0 Å². The third-order valence-electron chi connectivity index (χ3n) is 4.12. The van der Waals surface area contributed by atoms with Crippen molar-refractivity contribution in [3.05, 3.63) is 11.8 Å². The number of hydrogen-bond donors (Lipinski definition) is 0. The van der Waals surface area contributed by atoms with Gasteiger partial charge in [-0.2, -0.15) is 0 Å². The average molecular weight is 236 g/mol. The van der Waals surface area contributed by atoms with Crippen molar-refractivity contribution in [3.63, 3.8) is 0 Å². The largest absolute Gasteiger partial charge is 0.299 e. The molecule has 3 atom stereocenters. The molecule has 0 spiro atoms. The van der Waals surface area contributed by atoms with E-state index in [1.165, 1.54) is 19.3 Å². The van der Waals surface area contributed by atoms with E-state index in [-0.39, 0.29) is 0 Å². The Morgan fingerprint density at radius 1 is 1.31 bits per heavy atom. The third-order valence-corrected chi connectivity index (χ3v) is 5.36. The molecule has 0 saturated heterocycles. The molecule has 0 aromatic carbocycles. The Kier molecular flexibility index (Phi) is 3.39. The first-order valence-corrected chi connectivity index (χ1v) is 10.3. The maximum atomic E-state index is 11.9. The van der Waals surface area contributed by atoms with E-state index in [0.29, 0.717) is 11.7 Å². The van der Waals surface area contributed by atoms with Crippen LogP contribution in [-0.2, 0) is 4.79 Å². The van der Waals surface area contributed by atoms with Crippen LogP contribution in [0.4, 0.5) is 0 Å². The summed E-state index contributed by atoms with van der Waals surface area (Å²) in [5.74, 6) is 2.41. The van der Waals surface area contributed by atoms with Gasteiger partial charge in [0.05, 0.1) is 8.07 Å². The van der Waals surface area contributed by atoms with Crippen molar-refractivity contribution in [2.75, 3.05) is 0 Å². The Morgan fingerprint density at radius 3 is 2.75 bits per heavy atom. The first-order valence-electron chi connectivity index (χ1n) is 6.68. The van der Waals surface area contributed by atoms with E-state index in [4.69, 9.17) is 0 Å². The second-order valence-electron chi connectivity index (χ2n) is 6.64. The van der Waals surface area contributed by atoms with Crippen LogP contribution in [0.3, 0.4) is 0 Å². The molecule has 0 heterocycles. The molecule has 2 aliphatic rings. The van der Waals surface area contributed by atoms with Gasteiger partial charge in [0.1, 0.15) is 5.78 Å². The predicted octanol–water partition coefficient (Wildman–Crippen LogP) is 3.82. The Labute approximate surface area is 100 Å². The first-order chi connectivity index (χ1) is 7.47. The van der Waals surface area contributed by atoms with Crippen LogP contribution < -0.4 is 0 Å². The van der Waals surface area contributed by atoms with Gasteiger partial charge in [-0.25, -0.2) is 0 Å². The fraction of sp³-hybridized carbons (Fsp3) is 0.786. The maximum absolute atomic E-state index is 11.9. The normalized spacial score (nSPS) is 34.9. The molecule has 2 aliphatic carbocycles. The van der Waals surface area contributed by atoms with E-state index in [9.17, 15) is 4.79 Å². The van der Waals surface area contributed by atoms with Gasteiger partial charge in [0, 0.05) is 12.3 Å². The average Bonchev–Trinajstić information content (AvgIpc) is 2.67. The van der Waals surface area contributed by atoms with E-state index in [0.717, 1.165) is 24.7 Å². The molecule has 0 aliphatic heterocycles. The molecule has 0 amide bonds. The number of hydrogen-bond acceptors (Lipinski definition) is 1.